The highest BCUT2D eigenvalue weighted by Crippen LogP contribution is 2.22. The van der Waals surface area contributed by atoms with Gasteiger partial charge in [-0.3, -0.25) is 4.79 Å². The van der Waals surface area contributed by atoms with Crippen molar-refractivity contribution >= 4 is 27.5 Å². The standard InChI is InChI=1S/C12H17FN2O3S2/c1-8(2)12-14-9(7-19-12)3-4-15-6-10(5-11(15)16)20(13,17)18/h7-8,10H,3-6H2,1-2H3. The summed E-state index contributed by atoms with van der Waals surface area (Å²) in [6, 6.07) is 0. The van der Waals surface area contributed by atoms with Crippen molar-refractivity contribution in [3.8, 4) is 0 Å². The van der Waals surface area contributed by atoms with Gasteiger partial charge < -0.3 is 4.90 Å². The first-order valence-electron chi connectivity index (χ1n) is 6.43. The van der Waals surface area contributed by atoms with Gasteiger partial charge in [0.25, 0.3) is 0 Å². The number of halogens is 1. The first-order chi connectivity index (χ1) is 9.27. The van der Waals surface area contributed by atoms with Crippen LogP contribution < -0.4 is 0 Å². The summed E-state index contributed by atoms with van der Waals surface area (Å²) < 4.78 is 34.5. The van der Waals surface area contributed by atoms with Gasteiger partial charge in [-0.15, -0.1) is 15.2 Å². The molecule has 1 aromatic heterocycles. The molecule has 1 unspecified atom stereocenters. The van der Waals surface area contributed by atoms with E-state index in [4.69, 9.17) is 0 Å². The minimum absolute atomic E-state index is 0.0567. The highest BCUT2D eigenvalue weighted by molar-refractivity contribution is 7.87. The molecule has 1 aliphatic heterocycles. The molecule has 0 aliphatic carbocycles. The van der Waals surface area contributed by atoms with Crippen molar-refractivity contribution in [2.24, 2.45) is 0 Å². The van der Waals surface area contributed by atoms with Gasteiger partial charge in [-0.25, -0.2) is 4.98 Å². The van der Waals surface area contributed by atoms with E-state index in [0.717, 1.165) is 10.7 Å². The van der Waals surface area contributed by atoms with Gasteiger partial charge in [-0.05, 0) is 0 Å². The summed E-state index contributed by atoms with van der Waals surface area (Å²) in [5, 5.41) is 1.77. The van der Waals surface area contributed by atoms with Gasteiger partial charge in [0.05, 0.1) is 10.7 Å². The van der Waals surface area contributed by atoms with E-state index >= 15 is 0 Å². The molecule has 5 nitrogen and oxygen atoms in total. The summed E-state index contributed by atoms with van der Waals surface area (Å²) in [4.78, 5) is 17.5. The molecule has 1 saturated heterocycles. The van der Waals surface area contributed by atoms with Crippen LogP contribution in [0.15, 0.2) is 5.38 Å². The molecular formula is C12H17FN2O3S2. The lowest BCUT2D eigenvalue weighted by molar-refractivity contribution is -0.127. The third-order valence-electron chi connectivity index (χ3n) is 3.28. The molecular weight excluding hydrogens is 303 g/mol. The molecule has 1 aliphatic rings. The summed E-state index contributed by atoms with van der Waals surface area (Å²) in [7, 11) is -4.63. The molecule has 0 spiro atoms. The second kappa shape index (κ2) is 5.77. The number of likely N-dealkylation sites (tertiary alicyclic amines) is 1. The molecule has 8 heteroatoms. The number of aromatic nitrogens is 1. The smallest absolute Gasteiger partial charge is 0.307 e. The Bertz CT molecular complexity index is 598. The van der Waals surface area contributed by atoms with E-state index in [-0.39, 0.29) is 18.9 Å². The second-order valence-corrected chi connectivity index (χ2v) is 7.73. The predicted octanol–water partition coefficient (Wildman–Crippen LogP) is 1.71. The minimum Gasteiger partial charge on any atom is -0.341 e. The maximum atomic E-state index is 12.9. The third kappa shape index (κ3) is 3.54. The van der Waals surface area contributed by atoms with Crippen molar-refractivity contribution < 1.29 is 17.1 Å². The van der Waals surface area contributed by atoms with Crippen LogP contribution in [0.4, 0.5) is 3.89 Å². The number of carbonyl (C=O) groups is 1. The van der Waals surface area contributed by atoms with Crippen LogP contribution in [-0.2, 0) is 21.4 Å². The number of amides is 1. The number of rotatable bonds is 5. The summed E-state index contributed by atoms with van der Waals surface area (Å²) in [5.41, 5.74) is 0.887. The van der Waals surface area contributed by atoms with E-state index in [1.165, 1.54) is 4.90 Å². The fourth-order valence-electron chi connectivity index (χ4n) is 2.09. The summed E-state index contributed by atoms with van der Waals surface area (Å²) in [6.07, 6.45) is 0.307. The first kappa shape index (κ1) is 15.4. The SMILES string of the molecule is CC(C)c1nc(CCN2CC(S(=O)(=O)F)CC2=O)cs1. The van der Waals surface area contributed by atoms with E-state index < -0.39 is 15.5 Å². The largest absolute Gasteiger partial charge is 0.341 e. The van der Waals surface area contributed by atoms with Gasteiger partial charge in [0.15, 0.2) is 0 Å². The predicted molar refractivity (Wildman–Crippen MR) is 74.9 cm³/mol. The zero-order valence-corrected chi connectivity index (χ0v) is 13.0. The molecule has 0 saturated carbocycles. The highest BCUT2D eigenvalue weighted by Gasteiger charge is 2.38. The Labute approximate surface area is 122 Å². The van der Waals surface area contributed by atoms with E-state index in [1.54, 1.807) is 11.3 Å². The molecule has 2 rings (SSSR count). The molecule has 2 heterocycles. The fourth-order valence-corrected chi connectivity index (χ4v) is 3.66. The fraction of sp³-hybridized carbons (Fsp3) is 0.667. The van der Waals surface area contributed by atoms with Crippen LogP contribution in [0.5, 0.6) is 0 Å². The van der Waals surface area contributed by atoms with Crippen LogP contribution in [0.2, 0.25) is 0 Å². The topological polar surface area (TPSA) is 67.3 Å². The molecule has 0 aromatic carbocycles. The summed E-state index contributed by atoms with van der Waals surface area (Å²) >= 11 is 1.58. The van der Waals surface area contributed by atoms with Crippen LogP contribution in [0, 0.1) is 0 Å². The number of hydrogen-bond acceptors (Lipinski definition) is 5. The Hall–Kier alpha value is -1.02. The van der Waals surface area contributed by atoms with Crippen molar-refractivity contribution in [3.05, 3.63) is 16.1 Å². The van der Waals surface area contributed by atoms with Crippen molar-refractivity contribution in [3.63, 3.8) is 0 Å². The van der Waals surface area contributed by atoms with Crippen LogP contribution in [0.25, 0.3) is 0 Å². The average Bonchev–Trinajstić information content (AvgIpc) is 2.92. The lowest BCUT2D eigenvalue weighted by atomic mass is 10.2. The summed E-state index contributed by atoms with van der Waals surface area (Å²) in [5.74, 6) is 0.0544. The van der Waals surface area contributed by atoms with Gasteiger partial charge >= 0.3 is 10.2 Å². The zero-order chi connectivity index (χ0) is 14.9. The lowest BCUT2D eigenvalue weighted by Crippen LogP contribution is -2.29. The van der Waals surface area contributed by atoms with Crippen molar-refractivity contribution in [2.45, 2.75) is 37.9 Å². The lowest BCUT2D eigenvalue weighted by Gasteiger charge is -2.14. The Balaban J connectivity index is 1.92. The van der Waals surface area contributed by atoms with E-state index in [9.17, 15) is 17.1 Å². The maximum absolute atomic E-state index is 12.9. The zero-order valence-electron chi connectivity index (χ0n) is 11.4. The number of carbonyl (C=O) groups excluding carboxylic acids is 1. The van der Waals surface area contributed by atoms with Gasteiger partial charge in [-0.2, -0.15) is 8.42 Å². The monoisotopic (exact) mass is 320 g/mol. The van der Waals surface area contributed by atoms with Gasteiger partial charge in [-0.1, -0.05) is 13.8 Å². The maximum Gasteiger partial charge on any atom is 0.307 e. The second-order valence-electron chi connectivity index (χ2n) is 5.22. The van der Waals surface area contributed by atoms with Crippen LogP contribution in [0.3, 0.4) is 0 Å². The molecule has 0 radical (unpaired) electrons. The Kier molecular flexibility index (Phi) is 4.43. The number of hydrogen-bond donors (Lipinski definition) is 0. The molecule has 1 fully saturated rings. The highest BCUT2D eigenvalue weighted by atomic mass is 32.3. The number of nitrogens with zero attached hydrogens (tertiary/aromatic N) is 2. The molecule has 1 amide bonds. The van der Waals surface area contributed by atoms with Crippen molar-refractivity contribution in [1.29, 1.82) is 0 Å². The Morgan fingerprint density at radius 3 is 2.75 bits per heavy atom. The molecule has 20 heavy (non-hydrogen) atoms. The van der Waals surface area contributed by atoms with E-state index in [0.29, 0.717) is 18.9 Å². The van der Waals surface area contributed by atoms with Crippen molar-refractivity contribution in [2.75, 3.05) is 13.1 Å². The minimum atomic E-state index is -4.63. The van der Waals surface area contributed by atoms with E-state index in [1.807, 2.05) is 5.38 Å². The first-order valence-corrected chi connectivity index (χ1v) is 8.75. The normalized spacial score (nSPS) is 20.1. The van der Waals surface area contributed by atoms with Crippen LogP contribution >= 0.6 is 11.3 Å². The van der Waals surface area contributed by atoms with Gasteiger partial charge in [0, 0.05) is 37.2 Å². The van der Waals surface area contributed by atoms with Gasteiger partial charge in [0.2, 0.25) is 5.91 Å². The number of thiazole rings is 1. The molecule has 0 N–H and O–H groups in total. The summed E-state index contributed by atoms with van der Waals surface area (Å²) in [6.45, 7) is 4.44. The Morgan fingerprint density at radius 1 is 1.55 bits per heavy atom. The van der Waals surface area contributed by atoms with E-state index in [2.05, 4.69) is 18.8 Å². The quantitative estimate of drug-likeness (QED) is 0.775. The molecule has 0 bridgehead atoms. The van der Waals surface area contributed by atoms with Crippen molar-refractivity contribution in [1.82, 2.24) is 9.88 Å². The molecule has 112 valence electrons. The van der Waals surface area contributed by atoms with Crippen LogP contribution in [-0.4, -0.2) is 42.5 Å². The van der Waals surface area contributed by atoms with Gasteiger partial charge in [0.1, 0.15) is 5.25 Å². The van der Waals surface area contributed by atoms with Crippen LogP contribution in [0.1, 0.15) is 36.9 Å². The molecule has 1 aromatic rings. The third-order valence-corrected chi connectivity index (χ3v) is 5.58. The molecule has 1 atom stereocenters. The Morgan fingerprint density at radius 2 is 2.25 bits per heavy atom. The average molecular weight is 320 g/mol.